The third-order valence-corrected chi connectivity index (χ3v) is 2.93. The third kappa shape index (κ3) is 2.70. The zero-order chi connectivity index (χ0) is 14.2. The Labute approximate surface area is 116 Å². The highest BCUT2D eigenvalue weighted by Gasteiger charge is 2.14. The van der Waals surface area contributed by atoms with E-state index >= 15 is 0 Å². The first kappa shape index (κ1) is 13.4. The van der Waals surface area contributed by atoms with Crippen LogP contribution in [-0.2, 0) is 7.05 Å². The smallest absolute Gasteiger partial charge is 0.322 e. The van der Waals surface area contributed by atoms with Crippen molar-refractivity contribution in [1.29, 1.82) is 0 Å². The number of nitrogens with two attached hydrogens (primary N) is 1. The second-order valence-corrected chi connectivity index (χ2v) is 4.71. The first-order valence-electron chi connectivity index (χ1n) is 5.72. The Morgan fingerprint density at radius 3 is 2.53 bits per heavy atom. The number of aromatic nitrogens is 4. The normalized spacial score (nSPS) is 10.5. The van der Waals surface area contributed by atoms with E-state index in [1.54, 1.807) is 10.7 Å². The van der Waals surface area contributed by atoms with E-state index in [-0.39, 0.29) is 11.0 Å². The Hall–Kier alpha value is -2.02. The maximum Gasteiger partial charge on any atom is 0.322 e. The van der Waals surface area contributed by atoms with Crippen molar-refractivity contribution in [3.8, 4) is 11.8 Å². The second-order valence-electron chi connectivity index (χ2n) is 4.27. The molecule has 0 aliphatic carbocycles. The van der Waals surface area contributed by atoms with Crippen LogP contribution >= 0.6 is 12.2 Å². The van der Waals surface area contributed by atoms with Crippen LogP contribution in [0.25, 0.3) is 0 Å². The van der Waals surface area contributed by atoms with Crippen molar-refractivity contribution in [1.82, 2.24) is 19.7 Å². The van der Waals surface area contributed by atoms with E-state index in [1.165, 1.54) is 0 Å². The van der Waals surface area contributed by atoms with Crippen molar-refractivity contribution >= 4 is 17.2 Å². The number of hydrogen-bond donors (Lipinski definition) is 1. The van der Waals surface area contributed by atoms with Crippen LogP contribution in [0.4, 0.5) is 0 Å². The molecule has 2 rings (SSSR count). The minimum absolute atomic E-state index is 0.218. The molecule has 0 aliphatic heterocycles. The highest BCUT2D eigenvalue weighted by Crippen LogP contribution is 2.26. The Morgan fingerprint density at radius 2 is 2.00 bits per heavy atom. The lowest BCUT2D eigenvalue weighted by Gasteiger charge is -2.06. The largest absolute Gasteiger partial charge is 0.420 e. The molecular weight excluding hydrogens is 262 g/mol. The number of rotatable bonds is 3. The molecule has 0 radical (unpaired) electrons. The third-order valence-electron chi connectivity index (χ3n) is 2.72. The number of thiocarbonyl (C=S) groups is 1. The molecule has 0 bridgehead atoms. The SMILES string of the molecule is Cc1cc(C(N)=S)nc(Oc2c(C)nn(C)c2C)n1. The van der Waals surface area contributed by atoms with E-state index in [9.17, 15) is 0 Å². The molecule has 0 aliphatic rings. The van der Waals surface area contributed by atoms with Crippen LogP contribution in [0.5, 0.6) is 11.8 Å². The Balaban J connectivity index is 2.41. The van der Waals surface area contributed by atoms with Gasteiger partial charge in [-0.2, -0.15) is 10.1 Å². The van der Waals surface area contributed by atoms with E-state index in [1.807, 2.05) is 27.8 Å². The van der Waals surface area contributed by atoms with Gasteiger partial charge in [0.2, 0.25) is 0 Å². The van der Waals surface area contributed by atoms with E-state index in [2.05, 4.69) is 15.1 Å². The first-order valence-corrected chi connectivity index (χ1v) is 6.13. The Bertz CT molecular complexity index is 650. The second kappa shape index (κ2) is 4.93. The first-order chi connectivity index (χ1) is 8.88. The zero-order valence-corrected chi connectivity index (χ0v) is 12.1. The Morgan fingerprint density at radius 1 is 1.32 bits per heavy atom. The van der Waals surface area contributed by atoms with Crippen LogP contribution in [0.15, 0.2) is 6.07 Å². The molecule has 0 aromatic carbocycles. The van der Waals surface area contributed by atoms with Gasteiger partial charge in [-0.05, 0) is 26.8 Å². The quantitative estimate of drug-likeness (QED) is 0.858. The lowest BCUT2D eigenvalue weighted by Crippen LogP contribution is -2.13. The molecular formula is C12H15N5OS. The van der Waals surface area contributed by atoms with Gasteiger partial charge >= 0.3 is 6.01 Å². The molecule has 2 heterocycles. The fourth-order valence-corrected chi connectivity index (χ4v) is 1.81. The molecule has 100 valence electrons. The molecule has 0 saturated carbocycles. The number of aryl methyl sites for hydroxylation is 3. The summed E-state index contributed by atoms with van der Waals surface area (Å²) in [6.45, 7) is 5.62. The summed E-state index contributed by atoms with van der Waals surface area (Å²) in [6, 6.07) is 1.94. The monoisotopic (exact) mass is 277 g/mol. The number of nitrogens with zero attached hydrogens (tertiary/aromatic N) is 4. The van der Waals surface area contributed by atoms with Crippen LogP contribution in [-0.4, -0.2) is 24.7 Å². The van der Waals surface area contributed by atoms with Gasteiger partial charge < -0.3 is 10.5 Å². The molecule has 7 heteroatoms. The lowest BCUT2D eigenvalue weighted by atomic mass is 10.3. The van der Waals surface area contributed by atoms with Crippen LogP contribution < -0.4 is 10.5 Å². The molecule has 2 aromatic heterocycles. The van der Waals surface area contributed by atoms with Gasteiger partial charge in [-0.3, -0.25) is 4.68 Å². The maximum atomic E-state index is 5.71. The summed E-state index contributed by atoms with van der Waals surface area (Å²) in [5.41, 5.74) is 8.50. The van der Waals surface area contributed by atoms with Gasteiger partial charge in [0.25, 0.3) is 0 Å². The van der Waals surface area contributed by atoms with Crippen molar-refractivity contribution < 1.29 is 4.74 Å². The highest BCUT2D eigenvalue weighted by molar-refractivity contribution is 7.80. The fourth-order valence-electron chi connectivity index (χ4n) is 1.71. The molecule has 0 spiro atoms. The Kier molecular flexibility index (Phi) is 3.48. The molecule has 0 fully saturated rings. The van der Waals surface area contributed by atoms with Crippen LogP contribution in [0.1, 0.15) is 22.8 Å². The van der Waals surface area contributed by atoms with Crippen molar-refractivity contribution in [3.63, 3.8) is 0 Å². The summed E-state index contributed by atoms with van der Waals surface area (Å²) in [7, 11) is 1.85. The average molecular weight is 277 g/mol. The summed E-state index contributed by atoms with van der Waals surface area (Å²) >= 11 is 4.92. The topological polar surface area (TPSA) is 78.9 Å². The van der Waals surface area contributed by atoms with Gasteiger partial charge in [0.05, 0.1) is 5.69 Å². The summed E-state index contributed by atoms with van der Waals surface area (Å²) in [5, 5.41) is 4.27. The maximum absolute atomic E-state index is 5.71. The van der Waals surface area contributed by atoms with Gasteiger partial charge in [-0.1, -0.05) is 12.2 Å². The summed E-state index contributed by atoms with van der Waals surface area (Å²) < 4.78 is 7.46. The number of ether oxygens (including phenoxy) is 1. The van der Waals surface area contributed by atoms with Gasteiger partial charge in [0, 0.05) is 12.7 Å². The number of hydrogen-bond acceptors (Lipinski definition) is 5. The van der Waals surface area contributed by atoms with E-state index < -0.39 is 0 Å². The van der Waals surface area contributed by atoms with Crippen molar-refractivity contribution in [2.75, 3.05) is 0 Å². The van der Waals surface area contributed by atoms with Crippen molar-refractivity contribution in [3.05, 3.63) is 28.8 Å². The molecule has 19 heavy (non-hydrogen) atoms. The van der Waals surface area contributed by atoms with Crippen molar-refractivity contribution in [2.45, 2.75) is 20.8 Å². The van der Waals surface area contributed by atoms with Gasteiger partial charge in [0.15, 0.2) is 5.75 Å². The fraction of sp³-hybridized carbons (Fsp3) is 0.333. The van der Waals surface area contributed by atoms with Crippen LogP contribution in [0.3, 0.4) is 0 Å². The summed E-state index contributed by atoms with van der Waals surface area (Å²) in [6.07, 6.45) is 0. The van der Waals surface area contributed by atoms with E-state index in [0.29, 0.717) is 11.4 Å². The lowest BCUT2D eigenvalue weighted by molar-refractivity contribution is 0.433. The summed E-state index contributed by atoms with van der Waals surface area (Å²) in [5.74, 6) is 0.655. The van der Waals surface area contributed by atoms with E-state index in [4.69, 9.17) is 22.7 Å². The molecule has 0 saturated heterocycles. The van der Waals surface area contributed by atoms with Gasteiger partial charge in [0.1, 0.15) is 16.4 Å². The predicted molar refractivity (Wildman–Crippen MR) is 75.4 cm³/mol. The summed E-state index contributed by atoms with van der Waals surface area (Å²) in [4.78, 5) is 8.62. The predicted octanol–water partition coefficient (Wildman–Crippen LogP) is 1.56. The van der Waals surface area contributed by atoms with Gasteiger partial charge in [-0.25, -0.2) is 4.98 Å². The molecule has 2 aromatic rings. The molecule has 2 N–H and O–H groups in total. The highest BCUT2D eigenvalue weighted by atomic mass is 32.1. The molecule has 0 atom stereocenters. The minimum atomic E-state index is 0.218. The standard InChI is InChI=1S/C12H15N5OS/c1-6-5-9(11(13)19)15-12(14-6)18-10-7(2)16-17(4)8(10)3/h5H,1-4H3,(H2,13,19). The average Bonchev–Trinajstić information content (AvgIpc) is 2.55. The van der Waals surface area contributed by atoms with Crippen LogP contribution in [0, 0.1) is 20.8 Å². The van der Waals surface area contributed by atoms with Crippen molar-refractivity contribution in [2.24, 2.45) is 12.8 Å². The van der Waals surface area contributed by atoms with E-state index in [0.717, 1.165) is 17.1 Å². The van der Waals surface area contributed by atoms with Gasteiger partial charge in [-0.15, -0.1) is 0 Å². The molecule has 0 amide bonds. The molecule has 0 unspecified atom stereocenters. The zero-order valence-electron chi connectivity index (χ0n) is 11.3. The minimum Gasteiger partial charge on any atom is -0.420 e. The van der Waals surface area contributed by atoms with Crippen LogP contribution in [0.2, 0.25) is 0 Å². The molecule has 6 nitrogen and oxygen atoms in total.